The molecule has 0 bridgehead atoms. The summed E-state index contributed by atoms with van der Waals surface area (Å²) in [5, 5.41) is 0. The smallest absolute Gasteiger partial charge is 0.347 e. The molecular weight excluding hydrogens is 256 g/mol. The Labute approximate surface area is 111 Å². The highest BCUT2D eigenvalue weighted by Crippen LogP contribution is 2.06. The molecule has 0 spiro atoms. The van der Waals surface area contributed by atoms with E-state index in [2.05, 4.69) is 9.47 Å². The van der Waals surface area contributed by atoms with E-state index in [1.807, 2.05) is 0 Å². The molecule has 0 saturated heterocycles. The van der Waals surface area contributed by atoms with Crippen molar-refractivity contribution in [3.63, 3.8) is 0 Å². The van der Waals surface area contributed by atoms with Crippen LogP contribution in [0.3, 0.4) is 0 Å². The van der Waals surface area contributed by atoms with Crippen LogP contribution in [0.25, 0.3) is 0 Å². The summed E-state index contributed by atoms with van der Waals surface area (Å²) in [6.45, 7) is 1.80. The molecule has 0 aliphatic rings. The minimum atomic E-state index is -1.39. The van der Waals surface area contributed by atoms with Gasteiger partial charge in [-0.1, -0.05) is 6.92 Å². The molecule has 0 amide bonds. The molecule has 7 heteroatoms. The molecule has 0 fully saturated rings. The van der Waals surface area contributed by atoms with Gasteiger partial charge in [0.1, 0.15) is 12.2 Å². The Morgan fingerprint density at radius 2 is 1.63 bits per heavy atom. The van der Waals surface area contributed by atoms with E-state index >= 15 is 0 Å². The minimum Gasteiger partial charge on any atom is -0.469 e. The maximum absolute atomic E-state index is 11.4. The van der Waals surface area contributed by atoms with E-state index in [9.17, 15) is 19.2 Å². The van der Waals surface area contributed by atoms with Crippen LogP contribution in [-0.2, 0) is 33.4 Å². The highest BCUT2D eigenvalue weighted by atomic mass is 16.6. The average Bonchev–Trinajstić information content (AvgIpc) is 2.36. The molecule has 0 aliphatic carbocycles. The van der Waals surface area contributed by atoms with Crippen molar-refractivity contribution in [1.82, 2.24) is 0 Å². The predicted molar refractivity (Wildman–Crippen MR) is 63.1 cm³/mol. The van der Waals surface area contributed by atoms with Crippen LogP contribution in [-0.4, -0.2) is 44.0 Å². The summed E-state index contributed by atoms with van der Waals surface area (Å²) >= 11 is 0. The molecule has 0 aliphatic heterocycles. The molecule has 19 heavy (non-hydrogen) atoms. The molecule has 7 nitrogen and oxygen atoms in total. The standard InChI is InChI=1S/C12H18O7/c1-4-5-8(13)6-11(15)19-9(12(16)18-3)7-10(14)17-2/h9H,4-7H2,1-3H3/t9-/m0/s1. The van der Waals surface area contributed by atoms with Crippen LogP contribution < -0.4 is 0 Å². The van der Waals surface area contributed by atoms with Crippen molar-refractivity contribution in [3.8, 4) is 0 Å². The van der Waals surface area contributed by atoms with Crippen LogP contribution in [0.15, 0.2) is 0 Å². The average molecular weight is 274 g/mol. The lowest BCUT2D eigenvalue weighted by molar-refractivity contribution is -0.170. The fourth-order valence-electron chi connectivity index (χ4n) is 1.27. The summed E-state index contributed by atoms with van der Waals surface area (Å²) in [6.07, 6.45) is -1.39. The van der Waals surface area contributed by atoms with Crippen molar-refractivity contribution in [2.75, 3.05) is 14.2 Å². The van der Waals surface area contributed by atoms with E-state index in [0.29, 0.717) is 6.42 Å². The second kappa shape index (κ2) is 9.07. The van der Waals surface area contributed by atoms with Crippen LogP contribution in [0, 0.1) is 0 Å². The second-order valence-corrected chi connectivity index (χ2v) is 3.75. The summed E-state index contributed by atoms with van der Waals surface area (Å²) in [4.78, 5) is 45.0. The first-order valence-electron chi connectivity index (χ1n) is 5.80. The third-order valence-electron chi connectivity index (χ3n) is 2.19. The first-order chi connectivity index (χ1) is 8.94. The number of carbonyl (C=O) groups excluding carboxylic acids is 4. The second-order valence-electron chi connectivity index (χ2n) is 3.75. The number of Topliss-reactive ketones (excluding diaryl/α,β-unsaturated/α-hetero) is 1. The zero-order valence-electron chi connectivity index (χ0n) is 11.3. The number of hydrogen-bond donors (Lipinski definition) is 0. The Hall–Kier alpha value is -1.92. The molecule has 108 valence electrons. The SMILES string of the molecule is CCCC(=O)CC(=O)O[C@@H](CC(=O)OC)C(=O)OC. The van der Waals surface area contributed by atoms with Crippen molar-refractivity contribution in [2.24, 2.45) is 0 Å². The lowest BCUT2D eigenvalue weighted by Crippen LogP contribution is -2.31. The number of ketones is 1. The van der Waals surface area contributed by atoms with Crippen molar-refractivity contribution in [2.45, 2.75) is 38.7 Å². The fourth-order valence-corrected chi connectivity index (χ4v) is 1.27. The number of ether oxygens (including phenoxy) is 3. The van der Waals surface area contributed by atoms with E-state index in [-0.39, 0.29) is 12.2 Å². The van der Waals surface area contributed by atoms with E-state index in [1.54, 1.807) is 6.92 Å². The van der Waals surface area contributed by atoms with E-state index < -0.39 is 36.9 Å². The third kappa shape index (κ3) is 7.17. The predicted octanol–water partition coefficient (Wildman–Crippen LogP) is 0.394. The van der Waals surface area contributed by atoms with Gasteiger partial charge in [-0.15, -0.1) is 0 Å². The van der Waals surface area contributed by atoms with E-state index in [0.717, 1.165) is 14.2 Å². The third-order valence-corrected chi connectivity index (χ3v) is 2.19. The normalized spacial score (nSPS) is 11.3. The highest BCUT2D eigenvalue weighted by molar-refractivity contribution is 5.96. The number of carbonyl (C=O) groups is 4. The maximum atomic E-state index is 11.4. The Balaban J connectivity index is 4.46. The van der Waals surface area contributed by atoms with Gasteiger partial charge in [0, 0.05) is 6.42 Å². The van der Waals surface area contributed by atoms with Gasteiger partial charge < -0.3 is 14.2 Å². The van der Waals surface area contributed by atoms with Crippen LogP contribution in [0.4, 0.5) is 0 Å². The van der Waals surface area contributed by atoms with Gasteiger partial charge in [0.2, 0.25) is 6.10 Å². The zero-order valence-corrected chi connectivity index (χ0v) is 11.3. The summed E-state index contributed by atoms with van der Waals surface area (Å²) in [6, 6.07) is 0. The molecule has 0 aromatic carbocycles. The number of hydrogen-bond acceptors (Lipinski definition) is 7. The Bertz CT molecular complexity index is 348. The van der Waals surface area contributed by atoms with Gasteiger partial charge in [-0.2, -0.15) is 0 Å². The summed E-state index contributed by atoms with van der Waals surface area (Å²) in [5.74, 6) is -2.74. The number of esters is 3. The van der Waals surface area contributed by atoms with Crippen molar-refractivity contribution >= 4 is 23.7 Å². The van der Waals surface area contributed by atoms with Gasteiger partial charge >= 0.3 is 17.9 Å². The quantitative estimate of drug-likeness (QED) is 0.359. The molecule has 0 saturated carbocycles. The Morgan fingerprint density at radius 1 is 1.00 bits per heavy atom. The van der Waals surface area contributed by atoms with E-state index in [4.69, 9.17) is 4.74 Å². The van der Waals surface area contributed by atoms with Gasteiger partial charge in [-0.3, -0.25) is 14.4 Å². The summed E-state index contributed by atoms with van der Waals surface area (Å²) in [7, 11) is 2.24. The lowest BCUT2D eigenvalue weighted by Gasteiger charge is -2.14. The maximum Gasteiger partial charge on any atom is 0.347 e. The van der Waals surface area contributed by atoms with Crippen LogP contribution in [0.2, 0.25) is 0 Å². The Morgan fingerprint density at radius 3 is 2.11 bits per heavy atom. The van der Waals surface area contributed by atoms with Crippen LogP contribution in [0.1, 0.15) is 32.6 Å². The number of methoxy groups -OCH3 is 2. The van der Waals surface area contributed by atoms with Gasteiger partial charge in [0.05, 0.1) is 20.6 Å². The Kier molecular flexibility index (Phi) is 8.15. The topological polar surface area (TPSA) is 96.0 Å². The lowest BCUT2D eigenvalue weighted by atomic mass is 10.2. The van der Waals surface area contributed by atoms with Crippen molar-refractivity contribution in [1.29, 1.82) is 0 Å². The summed E-state index contributed by atoms with van der Waals surface area (Å²) in [5.41, 5.74) is 0. The molecule has 0 aromatic rings. The first-order valence-corrected chi connectivity index (χ1v) is 5.80. The highest BCUT2D eigenvalue weighted by Gasteiger charge is 2.27. The molecule has 0 unspecified atom stereocenters. The van der Waals surface area contributed by atoms with Gasteiger partial charge in [0.25, 0.3) is 0 Å². The van der Waals surface area contributed by atoms with E-state index in [1.165, 1.54) is 0 Å². The summed E-state index contributed by atoms with van der Waals surface area (Å²) < 4.78 is 13.5. The van der Waals surface area contributed by atoms with Crippen molar-refractivity contribution < 1.29 is 33.4 Å². The molecular formula is C12H18O7. The fraction of sp³-hybridized carbons (Fsp3) is 0.667. The monoisotopic (exact) mass is 274 g/mol. The molecule has 0 rings (SSSR count). The van der Waals surface area contributed by atoms with Crippen LogP contribution >= 0.6 is 0 Å². The molecule has 0 N–H and O–H groups in total. The first kappa shape index (κ1) is 17.1. The molecule has 0 aromatic heterocycles. The molecule has 0 heterocycles. The van der Waals surface area contributed by atoms with Crippen molar-refractivity contribution in [3.05, 3.63) is 0 Å². The van der Waals surface area contributed by atoms with Crippen LogP contribution in [0.5, 0.6) is 0 Å². The van der Waals surface area contributed by atoms with Gasteiger partial charge in [0.15, 0.2) is 0 Å². The molecule has 1 atom stereocenters. The largest absolute Gasteiger partial charge is 0.469 e. The minimum absolute atomic E-state index is 0.259. The number of rotatable bonds is 8. The van der Waals surface area contributed by atoms with Gasteiger partial charge in [-0.05, 0) is 6.42 Å². The zero-order chi connectivity index (χ0) is 14.8. The van der Waals surface area contributed by atoms with Gasteiger partial charge in [-0.25, -0.2) is 4.79 Å². The molecule has 0 radical (unpaired) electrons.